The first-order chi connectivity index (χ1) is 11.8. The van der Waals surface area contributed by atoms with Gasteiger partial charge in [0.2, 0.25) is 0 Å². The molecule has 8 heteroatoms. The third-order valence-electron chi connectivity index (χ3n) is 3.32. The fraction of sp³-hybridized carbons (Fsp3) is 0.0588. The number of anilines is 1. The van der Waals surface area contributed by atoms with Crippen LogP contribution in [0, 0.1) is 0 Å². The van der Waals surface area contributed by atoms with Crippen molar-refractivity contribution in [3.8, 4) is 0 Å². The molecule has 25 heavy (non-hydrogen) atoms. The maximum absolute atomic E-state index is 12.7. The summed E-state index contributed by atoms with van der Waals surface area (Å²) in [5.41, 5.74) is -0.155. The molecule has 4 nitrogen and oxygen atoms in total. The molecule has 2 aromatic carbocycles. The number of nitrogens with one attached hydrogen (secondary N) is 2. The highest BCUT2D eigenvalue weighted by Crippen LogP contribution is 2.30. The van der Waals surface area contributed by atoms with E-state index in [0.717, 1.165) is 17.5 Å². The molecule has 3 rings (SSSR count). The van der Waals surface area contributed by atoms with Crippen molar-refractivity contribution >= 4 is 39.9 Å². The molecule has 0 fully saturated rings. The number of alkyl halides is 3. The van der Waals surface area contributed by atoms with Crippen molar-refractivity contribution in [2.45, 2.75) is 6.18 Å². The lowest BCUT2D eigenvalue weighted by Crippen LogP contribution is -2.33. The number of furan rings is 1. The lowest BCUT2D eigenvalue weighted by atomic mass is 10.2. The van der Waals surface area contributed by atoms with Gasteiger partial charge in [-0.15, -0.1) is 0 Å². The van der Waals surface area contributed by atoms with Crippen molar-refractivity contribution in [3.63, 3.8) is 0 Å². The molecule has 128 valence electrons. The van der Waals surface area contributed by atoms with Crippen LogP contribution < -0.4 is 10.6 Å². The quantitative estimate of drug-likeness (QED) is 0.654. The van der Waals surface area contributed by atoms with E-state index < -0.39 is 17.6 Å². The number of carbonyl (C=O) groups excluding carboxylic acids is 1. The van der Waals surface area contributed by atoms with Gasteiger partial charge in [-0.1, -0.05) is 24.3 Å². The Bertz CT molecular complexity index is 917. The van der Waals surface area contributed by atoms with E-state index in [-0.39, 0.29) is 16.6 Å². The first-order valence-electron chi connectivity index (χ1n) is 7.11. The number of hydrogen-bond donors (Lipinski definition) is 2. The van der Waals surface area contributed by atoms with Gasteiger partial charge >= 0.3 is 6.18 Å². The Morgan fingerprint density at radius 2 is 1.80 bits per heavy atom. The van der Waals surface area contributed by atoms with Crippen molar-refractivity contribution in [3.05, 3.63) is 65.9 Å². The minimum atomic E-state index is -4.46. The number of halogens is 3. The Morgan fingerprint density at radius 1 is 1.04 bits per heavy atom. The number of para-hydroxylation sites is 1. The molecule has 1 aromatic heterocycles. The van der Waals surface area contributed by atoms with E-state index in [1.165, 1.54) is 12.1 Å². The highest BCUT2D eigenvalue weighted by atomic mass is 32.1. The van der Waals surface area contributed by atoms with Crippen molar-refractivity contribution in [2.24, 2.45) is 0 Å². The summed E-state index contributed by atoms with van der Waals surface area (Å²) in [6.07, 6.45) is -4.46. The van der Waals surface area contributed by atoms with E-state index in [9.17, 15) is 18.0 Å². The highest BCUT2D eigenvalue weighted by Gasteiger charge is 2.30. The zero-order valence-corrected chi connectivity index (χ0v) is 13.4. The Balaban J connectivity index is 1.69. The molecule has 0 bridgehead atoms. The van der Waals surface area contributed by atoms with Gasteiger partial charge in [-0.25, -0.2) is 0 Å². The molecule has 0 saturated carbocycles. The Labute approximate surface area is 145 Å². The van der Waals surface area contributed by atoms with Crippen LogP contribution in [0.3, 0.4) is 0 Å². The maximum atomic E-state index is 12.7. The van der Waals surface area contributed by atoms with Crippen LogP contribution in [0.25, 0.3) is 11.0 Å². The van der Waals surface area contributed by atoms with Crippen LogP contribution in [0.15, 0.2) is 59.0 Å². The van der Waals surface area contributed by atoms with E-state index in [4.69, 9.17) is 16.6 Å². The van der Waals surface area contributed by atoms with Gasteiger partial charge in [0.15, 0.2) is 10.9 Å². The average Bonchev–Trinajstić information content (AvgIpc) is 2.98. The van der Waals surface area contributed by atoms with Crippen LogP contribution in [-0.2, 0) is 6.18 Å². The number of hydrogen-bond acceptors (Lipinski definition) is 3. The van der Waals surface area contributed by atoms with Gasteiger partial charge < -0.3 is 9.73 Å². The van der Waals surface area contributed by atoms with Crippen LogP contribution >= 0.6 is 12.2 Å². The Morgan fingerprint density at radius 3 is 2.52 bits per heavy atom. The third-order valence-corrected chi connectivity index (χ3v) is 3.53. The standard InChI is InChI=1S/C17H11F3N2O2S/c18-17(19,20)11-5-3-6-12(9-11)21-16(25)22-15(23)14-8-10-4-1-2-7-13(10)24-14/h1-9H,(H2,21,22,23,25). The summed E-state index contributed by atoms with van der Waals surface area (Å²) in [5.74, 6) is -0.546. The van der Waals surface area contributed by atoms with Gasteiger partial charge in [-0.3, -0.25) is 10.1 Å². The molecule has 0 aliphatic rings. The minimum absolute atomic E-state index is 0.0504. The third kappa shape index (κ3) is 3.97. The molecule has 1 amide bonds. The minimum Gasteiger partial charge on any atom is -0.451 e. The summed E-state index contributed by atoms with van der Waals surface area (Å²) in [5, 5.41) is 5.54. The van der Waals surface area contributed by atoms with Crippen molar-refractivity contribution in [2.75, 3.05) is 5.32 Å². The molecule has 0 atom stereocenters. The number of fused-ring (bicyclic) bond motifs is 1. The van der Waals surface area contributed by atoms with Gasteiger partial charge in [0, 0.05) is 11.1 Å². The van der Waals surface area contributed by atoms with E-state index >= 15 is 0 Å². The number of thiocarbonyl (C=S) groups is 1. The molecule has 0 radical (unpaired) electrons. The van der Waals surface area contributed by atoms with Crippen LogP contribution in [0.2, 0.25) is 0 Å². The second-order valence-electron chi connectivity index (χ2n) is 5.14. The first kappa shape index (κ1) is 17.0. The van der Waals surface area contributed by atoms with Crippen LogP contribution in [0.5, 0.6) is 0 Å². The van der Waals surface area contributed by atoms with Gasteiger partial charge in [-0.2, -0.15) is 13.2 Å². The van der Waals surface area contributed by atoms with Crippen LogP contribution in [-0.4, -0.2) is 11.0 Å². The predicted molar refractivity (Wildman–Crippen MR) is 91.3 cm³/mol. The van der Waals surface area contributed by atoms with E-state index in [2.05, 4.69) is 10.6 Å². The molecule has 1 heterocycles. The normalized spacial score (nSPS) is 11.3. The average molecular weight is 364 g/mol. The Kier molecular flexibility index (Phi) is 4.45. The topological polar surface area (TPSA) is 54.3 Å². The van der Waals surface area contributed by atoms with E-state index in [1.54, 1.807) is 30.3 Å². The number of benzene rings is 2. The van der Waals surface area contributed by atoms with Gasteiger partial charge in [-0.05, 0) is 42.5 Å². The smallest absolute Gasteiger partial charge is 0.416 e. The maximum Gasteiger partial charge on any atom is 0.416 e. The largest absolute Gasteiger partial charge is 0.451 e. The molecule has 3 aromatic rings. The van der Waals surface area contributed by atoms with Crippen molar-refractivity contribution in [1.82, 2.24) is 5.32 Å². The molecular formula is C17H11F3N2O2S. The van der Waals surface area contributed by atoms with Crippen molar-refractivity contribution < 1.29 is 22.4 Å². The molecule has 0 aliphatic carbocycles. The number of amides is 1. The predicted octanol–water partition coefficient (Wildman–Crippen LogP) is 4.58. The van der Waals surface area contributed by atoms with Gasteiger partial charge in [0.25, 0.3) is 5.91 Å². The fourth-order valence-electron chi connectivity index (χ4n) is 2.19. The number of carbonyl (C=O) groups is 1. The summed E-state index contributed by atoms with van der Waals surface area (Å²) in [4.78, 5) is 12.1. The lowest BCUT2D eigenvalue weighted by Gasteiger charge is -2.11. The van der Waals surface area contributed by atoms with Gasteiger partial charge in [0.1, 0.15) is 5.58 Å². The monoisotopic (exact) mass is 364 g/mol. The second kappa shape index (κ2) is 6.56. The highest BCUT2D eigenvalue weighted by molar-refractivity contribution is 7.80. The van der Waals surface area contributed by atoms with Crippen molar-refractivity contribution in [1.29, 1.82) is 0 Å². The summed E-state index contributed by atoms with van der Waals surface area (Å²) < 4.78 is 43.5. The molecule has 0 saturated heterocycles. The summed E-state index contributed by atoms with van der Waals surface area (Å²) in [6.45, 7) is 0. The second-order valence-corrected chi connectivity index (χ2v) is 5.54. The van der Waals surface area contributed by atoms with Crippen LogP contribution in [0.4, 0.5) is 18.9 Å². The SMILES string of the molecule is O=C(NC(=S)Nc1cccc(C(F)(F)F)c1)c1cc2ccccc2o1. The summed E-state index contributed by atoms with van der Waals surface area (Å²) in [7, 11) is 0. The molecule has 2 N–H and O–H groups in total. The molecular weight excluding hydrogens is 353 g/mol. The summed E-state index contributed by atoms with van der Waals surface area (Å²) >= 11 is 4.96. The van der Waals surface area contributed by atoms with Gasteiger partial charge in [0.05, 0.1) is 5.56 Å². The van der Waals surface area contributed by atoms with Crippen LogP contribution in [0.1, 0.15) is 16.1 Å². The first-order valence-corrected chi connectivity index (χ1v) is 7.52. The molecule has 0 spiro atoms. The van der Waals surface area contributed by atoms with E-state index in [1.807, 2.05) is 0 Å². The zero-order valence-electron chi connectivity index (χ0n) is 12.6. The number of rotatable bonds is 2. The molecule has 0 unspecified atom stereocenters. The van der Waals surface area contributed by atoms with E-state index in [0.29, 0.717) is 5.58 Å². The lowest BCUT2D eigenvalue weighted by molar-refractivity contribution is -0.137. The zero-order chi connectivity index (χ0) is 18.0. The fourth-order valence-corrected chi connectivity index (χ4v) is 2.40. The molecule has 0 aliphatic heterocycles. The summed E-state index contributed by atoms with van der Waals surface area (Å²) in [6, 6.07) is 13.1. The Hall–Kier alpha value is -2.87.